The number of carbonyl (C=O) groups is 3. The summed E-state index contributed by atoms with van der Waals surface area (Å²) in [6.07, 6.45) is -0.267. The van der Waals surface area contributed by atoms with Gasteiger partial charge >= 0.3 is 6.09 Å². The molecule has 9 nitrogen and oxygen atoms in total. The highest BCUT2D eigenvalue weighted by atomic mass is 79.9. The second-order valence-corrected chi connectivity index (χ2v) is 8.40. The molecule has 29 heavy (non-hydrogen) atoms. The maximum absolute atomic E-state index is 13.0. The third-order valence-electron chi connectivity index (χ3n) is 5.04. The van der Waals surface area contributed by atoms with E-state index in [1.54, 1.807) is 0 Å². The van der Waals surface area contributed by atoms with Gasteiger partial charge in [-0.1, -0.05) is 20.8 Å². The Labute approximate surface area is 178 Å². The summed E-state index contributed by atoms with van der Waals surface area (Å²) in [5.74, 6) is -3.86. The Hall–Kier alpha value is -1.33. The number of imide groups is 1. The fourth-order valence-electron chi connectivity index (χ4n) is 3.28. The van der Waals surface area contributed by atoms with Crippen LogP contribution in [0.15, 0.2) is 10.6 Å². The first kappa shape index (κ1) is 23.9. The van der Waals surface area contributed by atoms with E-state index in [9.17, 15) is 19.5 Å². The third kappa shape index (κ3) is 5.43. The van der Waals surface area contributed by atoms with E-state index in [4.69, 9.17) is 19.3 Å². The number of cyclic esters (lactones) is 1. The summed E-state index contributed by atoms with van der Waals surface area (Å²) in [6.45, 7) is 5.72. The molecule has 2 rings (SSSR count). The molecule has 1 fully saturated rings. The molecule has 164 valence electrons. The Morgan fingerprint density at radius 1 is 1.38 bits per heavy atom. The average Bonchev–Trinajstić information content (AvgIpc) is 3.05. The monoisotopic (exact) mass is 477 g/mol. The molecule has 0 bridgehead atoms. The molecule has 4 atom stereocenters. The second-order valence-electron chi connectivity index (χ2n) is 7.54. The van der Waals surface area contributed by atoms with Gasteiger partial charge in [0, 0.05) is 13.0 Å². The van der Waals surface area contributed by atoms with Crippen LogP contribution >= 0.6 is 15.9 Å². The number of nitrogens with zero attached hydrogens (tertiary/aromatic N) is 1. The van der Waals surface area contributed by atoms with Gasteiger partial charge < -0.3 is 24.4 Å². The van der Waals surface area contributed by atoms with Gasteiger partial charge in [0.2, 0.25) is 5.91 Å². The second kappa shape index (κ2) is 10.1. The van der Waals surface area contributed by atoms with Crippen molar-refractivity contribution in [2.24, 2.45) is 11.8 Å². The average molecular weight is 478 g/mol. The summed E-state index contributed by atoms with van der Waals surface area (Å²) in [5.41, 5.74) is 0. The van der Waals surface area contributed by atoms with Gasteiger partial charge in [0.1, 0.15) is 12.7 Å². The number of aliphatic hydroxyl groups is 2. The number of aliphatic hydroxyl groups excluding tert-OH is 1. The predicted octanol–water partition coefficient (Wildman–Crippen LogP) is 1.35. The largest absolute Gasteiger partial charge is 0.447 e. The summed E-state index contributed by atoms with van der Waals surface area (Å²) in [6, 6.07) is -0.416. The van der Waals surface area contributed by atoms with Crippen LogP contribution in [-0.4, -0.2) is 77.3 Å². The molecule has 0 spiro atoms. The molecule has 2 N–H and O–H groups in total. The van der Waals surface area contributed by atoms with E-state index < -0.39 is 41.6 Å². The van der Waals surface area contributed by atoms with Gasteiger partial charge in [-0.3, -0.25) is 9.59 Å². The number of hydrogen-bond acceptors (Lipinski definition) is 8. The minimum atomic E-state index is -1.79. The Morgan fingerprint density at radius 2 is 2.07 bits per heavy atom. The first-order valence-corrected chi connectivity index (χ1v) is 10.4. The highest BCUT2D eigenvalue weighted by Gasteiger charge is 2.48. The normalized spacial score (nSPS) is 28.5. The molecule has 0 unspecified atom stereocenters. The van der Waals surface area contributed by atoms with Crippen LogP contribution in [0.5, 0.6) is 0 Å². The lowest BCUT2D eigenvalue weighted by atomic mass is 9.93. The van der Waals surface area contributed by atoms with Gasteiger partial charge in [0.15, 0.2) is 11.6 Å². The molecule has 0 aromatic heterocycles. The van der Waals surface area contributed by atoms with E-state index in [0.29, 0.717) is 6.42 Å². The quantitative estimate of drug-likeness (QED) is 0.477. The van der Waals surface area contributed by atoms with E-state index in [0.717, 1.165) is 4.90 Å². The zero-order valence-corrected chi connectivity index (χ0v) is 18.4. The lowest BCUT2D eigenvalue weighted by Crippen LogP contribution is -2.52. The van der Waals surface area contributed by atoms with Crippen LogP contribution in [0.4, 0.5) is 4.79 Å². The highest BCUT2D eigenvalue weighted by Crippen LogP contribution is 2.37. The zero-order valence-electron chi connectivity index (χ0n) is 16.8. The van der Waals surface area contributed by atoms with Gasteiger partial charge in [-0.25, -0.2) is 9.69 Å². The summed E-state index contributed by atoms with van der Waals surface area (Å²) < 4.78 is 16.0. The predicted molar refractivity (Wildman–Crippen MR) is 105 cm³/mol. The van der Waals surface area contributed by atoms with Crippen molar-refractivity contribution >= 4 is 33.7 Å². The van der Waals surface area contributed by atoms with Crippen LogP contribution in [0.1, 0.15) is 33.6 Å². The first-order chi connectivity index (χ1) is 13.6. The summed E-state index contributed by atoms with van der Waals surface area (Å²) >= 11 is 3.17. The number of halogens is 1. The fourth-order valence-corrected chi connectivity index (χ4v) is 3.80. The Morgan fingerprint density at radius 3 is 2.69 bits per heavy atom. The van der Waals surface area contributed by atoms with Gasteiger partial charge in [-0.05, 0) is 34.3 Å². The third-order valence-corrected chi connectivity index (χ3v) is 5.89. The van der Waals surface area contributed by atoms with Crippen molar-refractivity contribution in [2.75, 3.05) is 26.4 Å². The molecule has 2 aliphatic heterocycles. The van der Waals surface area contributed by atoms with Crippen LogP contribution in [0.3, 0.4) is 0 Å². The summed E-state index contributed by atoms with van der Waals surface area (Å²) in [4.78, 5) is 38.6. The van der Waals surface area contributed by atoms with E-state index in [2.05, 4.69) is 15.9 Å². The van der Waals surface area contributed by atoms with Crippen LogP contribution in [0.25, 0.3) is 0 Å². The number of carbonyl (C=O) groups excluding carboxylic acids is 3. The van der Waals surface area contributed by atoms with Crippen molar-refractivity contribution in [3.63, 3.8) is 0 Å². The van der Waals surface area contributed by atoms with Gasteiger partial charge in [-0.15, -0.1) is 0 Å². The Balaban J connectivity index is 2.11. The summed E-state index contributed by atoms with van der Waals surface area (Å²) in [7, 11) is 0. The minimum Gasteiger partial charge on any atom is -0.447 e. The Bertz CT molecular complexity index is 667. The number of ketones is 1. The number of hydrogen-bond donors (Lipinski definition) is 2. The highest BCUT2D eigenvalue weighted by molar-refractivity contribution is 9.11. The van der Waals surface area contributed by atoms with E-state index in [1.165, 1.54) is 13.0 Å². The SMILES string of the molecule is CC(C)[C@@H]1COC(=O)N1C(=O)[C@H](C)[C@H]1O[C@@](O)(CCCOCCO)C(Br)=CC1=O. The molecule has 10 heteroatoms. The van der Waals surface area contributed by atoms with Crippen molar-refractivity contribution < 1.29 is 38.8 Å². The summed E-state index contributed by atoms with van der Waals surface area (Å²) in [5, 5.41) is 19.6. The molecule has 2 heterocycles. The van der Waals surface area contributed by atoms with Crippen LogP contribution in [0.2, 0.25) is 0 Å². The molecule has 1 saturated heterocycles. The smallest absolute Gasteiger partial charge is 0.416 e. The number of rotatable bonds is 9. The standard InChI is InChI=1S/C19H28BrNO8/c1-11(2)13-10-28-18(25)21(13)17(24)12(3)16-14(23)9-15(20)19(26,29-16)5-4-7-27-8-6-22/h9,11-13,16,22,26H,4-8,10H2,1-3H3/t12-,13+,16-,19+/m1/s1. The van der Waals surface area contributed by atoms with E-state index in [1.807, 2.05) is 13.8 Å². The van der Waals surface area contributed by atoms with Crippen molar-refractivity contribution in [3.05, 3.63) is 10.6 Å². The number of amides is 2. The molecule has 2 amide bonds. The van der Waals surface area contributed by atoms with Gasteiger partial charge in [0.05, 0.1) is 29.7 Å². The maximum Gasteiger partial charge on any atom is 0.416 e. The van der Waals surface area contributed by atoms with Crippen molar-refractivity contribution in [2.45, 2.75) is 51.5 Å². The molecule has 2 aliphatic rings. The molecule has 0 aromatic carbocycles. The van der Waals surface area contributed by atoms with Crippen molar-refractivity contribution in [3.8, 4) is 0 Å². The lowest BCUT2D eigenvalue weighted by molar-refractivity contribution is -0.217. The van der Waals surface area contributed by atoms with Gasteiger partial charge in [-0.2, -0.15) is 0 Å². The molecular weight excluding hydrogens is 450 g/mol. The molecular formula is C19H28BrNO8. The fraction of sp³-hybridized carbons (Fsp3) is 0.737. The topological polar surface area (TPSA) is 123 Å². The van der Waals surface area contributed by atoms with E-state index in [-0.39, 0.29) is 43.2 Å². The zero-order chi connectivity index (χ0) is 21.8. The van der Waals surface area contributed by atoms with Crippen molar-refractivity contribution in [1.82, 2.24) is 4.90 Å². The molecule has 0 aliphatic carbocycles. The maximum atomic E-state index is 13.0. The lowest BCUT2D eigenvalue weighted by Gasteiger charge is -2.38. The first-order valence-electron chi connectivity index (χ1n) is 9.62. The van der Waals surface area contributed by atoms with E-state index >= 15 is 0 Å². The molecule has 0 saturated carbocycles. The van der Waals surface area contributed by atoms with Crippen LogP contribution in [-0.2, 0) is 23.8 Å². The molecule has 0 aromatic rings. The van der Waals surface area contributed by atoms with Crippen molar-refractivity contribution in [1.29, 1.82) is 0 Å². The number of ether oxygens (including phenoxy) is 3. The van der Waals surface area contributed by atoms with Crippen LogP contribution < -0.4 is 0 Å². The van der Waals surface area contributed by atoms with Crippen LogP contribution in [0, 0.1) is 11.8 Å². The van der Waals surface area contributed by atoms with Gasteiger partial charge in [0.25, 0.3) is 0 Å². The minimum absolute atomic E-state index is 0.00882. The molecule has 0 radical (unpaired) electrons. The Kier molecular flexibility index (Phi) is 8.36.